The van der Waals surface area contributed by atoms with Gasteiger partial charge in [-0.2, -0.15) is 26.3 Å². The van der Waals surface area contributed by atoms with Crippen LogP contribution in [0.3, 0.4) is 0 Å². The first-order chi connectivity index (χ1) is 17.0. The lowest BCUT2D eigenvalue weighted by Gasteiger charge is -2.33. The normalized spacial score (nSPS) is 13.2. The fraction of sp³-hybridized carbons (Fsp3) is 0.391. The SMILES string of the molecule is Cc1cc(C(O)(C(F)(F)F)C(F)(F)F)ccc1NC(=O)c1cccc(O)c1C(=O)NC(C)(C)CS(C)(=O)=O. The molecular weight excluding hydrogens is 546 g/mol. The number of aromatic hydroxyl groups is 1. The van der Waals surface area contributed by atoms with Crippen LogP contribution in [0.1, 0.15) is 45.7 Å². The van der Waals surface area contributed by atoms with Gasteiger partial charge in [-0.1, -0.05) is 18.2 Å². The summed E-state index contributed by atoms with van der Waals surface area (Å²) in [6.45, 7) is 3.86. The summed E-state index contributed by atoms with van der Waals surface area (Å²) in [5.74, 6) is -3.22. The number of aryl methyl sites for hydroxylation is 1. The fourth-order valence-electron chi connectivity index (χ4n) is 3.74. The molecule has 0 aliphatic rings. The van der Waals surface area contributed by atoms with Gasteiger partial charge in [0.2, 0.25) is 0 Å². The number of aliphatic hydroxyl groups is 1. The lowest BCUT2D eigenvalue weighted by atomic mass is 9.90. The molecule has 2 amide bonds. The van der Waals surface area contributed by atoms with E-state index in [0.717, 1.165) is 25.3 Å². The third kappa shape index (κ3) is 6.56. The van der Waals surface area contributed by atoms with Gasteiger partial charge in [0.15, 0.2) is 0 Å². The molecule has 0 heterocycles. The number of nitrogens with one attached hydrogen (secondary N) is 2. The van der Waals surface area contributed by atoms with E-state index >= 15 is 0 Å². The van der Waals surface area contributed by atoms with Crippen LogP contribution in [0.4, 0.5) is 32.0 Å². The molecule has 0 aromatic heterocycles. The summed E-state index contributed by atoms with van der Waals surface area (Å²) in [6.07, 6.45) is -11.3. The van der Waals surface area contributed by atoms with Crippen LogP contribution in [0, 0.1) is 6.92 Å². The molecular formula is C23H24F6N2O6S. The molecule has 38 heavy (non-hydrogen) atoms. The number of phenols is 1. The van der Waals surface area contributed by atoms with Crippen LogP contribution in [0.5, 0.6) is 5.75 Å². The van der Waals surface area contributed by atoms with E-state index in [-0.39, 0.29) is 11.3 Å². The van der Waals surface area contributed by atoms with Crippen molar-refractivity contribution in [3.05, 3.63) is 58.7 Å². The first kappa shape index (κ1) is 30.9. The van der Waals surface area contributed by atoms with E-state index in [1.165, 1.54) is 19.9 Å². The monoisotopic (exact) mass is 570 g/mol. The van der Waals surface area contributed by atoms with E-state index in [9.17, 15) is 54.6 Å². The zero-order valence-electron chi connectivity index (χ0n) is 20.4. The van der Waals surface area contributed by atoms with Gasteiger partial charge in [0, 0.05) is 23.0 Å². The molecule has 0 aliphatic carbocycles. The van der Waals surface area contributed by atoms with E-state index in [4.69, 9.17) is 0 Å². The molecule has 4 N–H and O–H groups in total. The number of alkyl halides is 6. The van der Waals surface area contributed by atoms with Crippen molar-refractivity contribution in [2.24, 2.45) is 0 Å². The molecule has 0 saturated heterocycles. The van der Waals surface area contributed by atoms with Crippen molar-refractivity contribution < 1.29 is 54.6 Å². The summed E-state index contributed by atoms with van der Waals surface area (Å²) in [5, 5.41) is 24.4. The predicted octanol–water partition coefficient (Wildman–Crippen LogP) is 3.82. The number of carbonyl (C=O) groups excluding carboxylic acids is 2. The van der Waals surface area contributed by atoms with Crippen LogP contribution in [0.25, 0.3) is 0 Å². The minimum absolute atomic E-state index is 0.252. The highest BCUT2D eigenvalue weighted by atomic mass is 32.2. The average molecular weight is 571 g/mol. The summed E-state index contributed by atoms with van der Waals surface area (Å²) >= 11 is 0. The smallest absolute Gasteiger partial charge is 0.430 e. The van der Waals surface area contributed by atoms with Crippen LogP contribution in [-0.2, 0) is 15.4 Å². The summed E-state index contributed by atoms with van der Waals surface area (Å²) in [6, 6.07) is 4.84. The first-order valence-electron chi connectivity index (χ1n) is 10.6. The van der Waals surface area contributed by atoms with Gasteiger partial charge in [-0.15, -0.1) is 0 Å². The van der Waals surface area contributed by atoms with Gasteiger partial charge in [0.05, 0.1) is 16.9 Å². The van der Waals surface area contributed by atoms with Gasteiger partial charge < -0.3 is 20.8 Å². The van der Waals surface area contributed by atoms with Gasteiger partial charge in [0.25, 0.3) is 17.4 Å². The van der Waals surface area contributed by atoms with E-state index in [1.54, 1.807) is 0 Å². The maximum absolute atomic E-state index is 13.2. The van der Waals surface area contributed by atoms with Crippen molar-refractivity contribution >= 4 is 27.3 Å². The van der Waals surface area contributed by atoms with Crippen LogP contribution >= 0.6 is 0 Å². The number of benzene rings is 2. The molecule has 0 spiro atoms. The number of hydrogen-bond donors (Lipinski definition) is 4. The Labute approximate surface area is 213 Å². The number of hydrogen-bond acceptors (Lipinski definition) is 6. The van der Waals surface area contributed by atoms with Crippen molar-refractivity contribution in [3.63, 3.8) is 0 Å². The quantitative estimate of drug-likeness (QED) is 0.374. The minimum Gasteiger partial charge on any atom is -0.507 e. The van der Waals surface area contributed by atoms with Crippen LogP contribution < -0.4 is 10.6 Å². The summed E-state index contributed by atoms with van der Waals surface area (Å²) in [5.41, 5.74) is -9.53. The van der Waals surface area contributed by atoms with Crippen LogP contribution in [0.15, 0.2) is 36.4 Å². The Hall–Kier alpha value is -3.33. The summed E-state index contributed by atoms with van der Waals surface area (Å²) < 4.78 is 102. The third-order valence-electron chi connectivity index (χ3n) is 5.30. The van der Waals surface area contributed by atoms with E-state index in [2.05, 4.69) is 10.6 Å². The third-order valence-corrected chi connectivity index (χ3v) is 6.55. The number of carbonyl (C=O) groups is 2. The Morgan fingerprint density at radius 2 is 1.50 bits per heavy atom. The molecule has 2 aromatic carbocycles. The van der Waals surface area contributed by atoms with Crippen molar-refractivity contribution in [1.29, 1.82) is 0 Å². The van der Waals surface area contributed by atoms with Gasteiger partial charge >= 0.3 is 12.4 Å². The Morgan fingerprint density at radius 1 is 0.947 bits per heavy atom. The lowest BCUT2D eigenvalue weighted by Crippen LogP contribution is -2.53. The molecule has 0 bridgehead atoms. The fourth-order valence-corrected chi connectivity index (χ4v) is 5.12. The van der Waals surface area contributed by atoms with E-state index in [0.29, 0.717) is 18.2 Å². The Morgan fingerprint density at radius 3 is 1.97 bits per heavy atom. The molecule has 2 aromatic rings. The predicted molar refractivity (Wildman–Crippen MR) is 125 cm³/mol. The van der Waals surface area contributed by atoms with Gasteiger partial charge in [-0.25, -0.2) is 8.42 Å². The van der Waals surface area contributed by atoms with Crippen LogP contribution in [0.2, 0.25) is 0 Å². The summed E-state index contributed by atoms with van der Waals surface area (Å²) in [7, 11) is -3.54. The molecule has 0 saturated carbocycles. The highest BCUT2D eigenvalue weighted by Crippen LogP contribution is 2.50. The van der Waals surface area contributed by atoms with E-state index < -0.39 is 73.3 Å². The lowest BCUT2D eigenvalue weighted by molar-refractivity contribution is -0.376. The molecule has 2 rings (SSSR count). The van der Waals surface area contributed by atoms with Crippen LogP contribution in [-0.4, -0.2) is 60.3 Å². The summed E-state index contributed by atoms with van der Waals surface area (Å²) in [4.78, 5) is 25.8. The maximum atomic E-state index is 13.2. The maximum Gasteiger partial charge on any atom is 0.430 e. The van der Waals surface area contributed by atoms with E-state index in [1.807, 2.05) is 0 Å². The molecule has 0 fully saturated rings. The Kier molecular flexibility index (Phi) is 8.21. The van der Waals surface area contributed by atoms with Crippen molar-refractivity contribution in [2.45, 2.75) is 44.3 Å². The average Bonchev–Trinajstić information content (AvgIpc) is 2.70. The van der Waals surface area contributed by atoms with Crippen molar-refractivity contribution in [3.8, 4) is 5.75 Å². The van der Waals surface area contributed by atoms with Crippen molar-refractivity contribution in [2.75, 3.05) is 17.3 Å². The minimum atomic E-state index is -6.10. The molecule has 15 heteroatoms. The topological polar surface area (TPSA) is 133 Å². The molecule has 0 atom stereocenters. The Balaban J connectivity index is 2.43. The molecule has 8 nitrogen and oxygen atoms in total. The highest BCUT2D eigenvalue weighted by molar-refractivity contribution is 7.90. The molecule has 0 radical (unpaired) electrons. The number of anilines is 1. The number of phenolic OH excluding ortho intramolecular Hbond substituents is 1. The standard InChI is InChI=1S/C23H24F6N2O6S/c1-12-10-13(21(35,22(24,25)26)23(27,28)29)8-9-15(12)30-18(33)14-6-5-7-16(32)17(14)19(34)31-20(2,3)11-38(4,36)37/h5-10,32,35H,11H2,1-4H3,(H,30,33)(H,31,34). The van der Waals surface area contributed by atoms with Gasteiger partial charge in [-0.05, 0) is 44.5 Å². The van der Waals surface area contributed by atoms with Gasteiger partial charge in [-0.3, -0.25) is 9.59 Å². The number of halogens is 6. The first-order valence-corrected chi connectivity index (χ1v) is 12.7. The van der Waals surface area contributed by atoms with Crippen molar-refractivity contribution in [1.82, 2.24) is 5.32 Å². The largest absolute Gasteiger partial charge is 0.507 e. The second-order valence-electron chi connectivity index (χ2n) is 9.30. The molecule has 0 aliphatic heterocycles. The molecule has 0 unspecified atom stereocenters. The van der Waals surface area contributed by atoms with Gasteiger partial charge in [0.1, 0.15) is 15.6 Å². The number of amides is 2. The second kappa shape index (κ2) is 10.1. The Bertz CT molecular complexity index is 1340. The number of rotatable bonds is 7. The number of sulfone groups is 1. The molecule has 210 valence electrons. The second-order valence-corrected chi connectivity index (χ2v) is 11.4. The highest BCUT2D eigenvalue weighted by Gasteiger charge is 2.71. The zero-order valence-corrected chi connectivity index (χ0v) is 21.2. The zero-order chi connectivity index (χ0) is 29.5.